The molecule has 0 aliphatic rings. The molecule has 0 spiro atoms. The predicted octanol–water partition coefficient (Wildman–Crippen LogP) is 2.59. The molecule has 0 amide bonds. The van der Waals surface area contributed by atoms with E-state index in [1.165, 1.54) is 0 Å². The highest BCUT2D eigenvalue weighted by Gasteiger charge is 2.14. The fourth-order valence-corrected chi connectivity index (χ4v) is 2.20. The van der Waals surface area contributed by atoms with Gasteiger partial charge in [-0.1, -0.05) is 13.8 Å². The number of hydrogen-bond donors (Lipinski definition) is 1. The van der Waals surface area contributed by atoms with Gasteiger partial charge in [0.1, 0.15) is 5.75 Å². The highest BCUT2D eigenvalue weighted by atomic mass is 16.5. The Morgan fingerprint density at radius 2 is 1.81 bits per heavy atom. The van der Waals surface area contributed by atoms with Gasteiger partial charge >= 0.3 is 0 Å². The standard InChI is InChI=1S/C17H28N2O2/c1-5-19(6-2)13-12-18-14(4)17(20)15-8-10-16(11-9-15)21-7-3/h8-11,14,18H,5-7,12-13H2,1-4H3. The zero-order valence-electron chi connectivity index (χ0n) is 13.7. The number of ether oxygens (including phenoxy) is 1. The summed E-state index contributed by atoms with van der Waals surface area (Å²) in [6.07, 6.45) is 0. The van der Waals surface area contributed by atoms with Crippen LogP contribution in [0.15, 0.2) is 24.3 Å². The fourth-order valence-electron chi connectivity index (χ4n) is 2.20. The van der Waals surface area contributed by atoms with Crippen LogP contribution in [0.4, 0.5) is 0 Å². The molecule has 0 fully saturated rings. The Morgan fingerprint density at radius 3 is 2.33 bits per heavy atom. The second-order valence-corrected chi connectivity index (χ2v) is 5.02. The van der Waals surface area contributed by atoms with Gasteiger partial charge in [-0.15, -0.1) is 0 Å². The molecule has 1 atom stereocenters. The van der Waals surface area contributed by atoms with E-state index in [0.717, 1.165) is 37.5 Å². The van der Waals surface area contributed by atoms with Crippen molar-refractivity contribution in [2.75, 3.05) is 32.8 Å². The van der Waals surface area contributed by atoms with Crippen LogP contribution >= 0.6 is 0 Å². The van der Waals surface area contributed by atoms with Crippen molar-refractivity contribution >= 4 is 5.78 Å². The minimum atomic E-state index is -0.168. The summed E-state index contributed by atoms with van der Waals surface area (Å²) in [6, 6.07) is 7.18. The maximum atomic E-state index is 12.3. The number of ketones is 1. The lowest BCUT2D eigenvalue weighted by molar-refractivity contribution is 0.0949. The number of nitrogens with zero attached hydrogens (tertiary/aromatic N) is 1. The summed E-state index contributed by atoms with van der Waals surface area (Å²) >= 11 is 0. The van der Waals surface area contributed by atoms with Crippen molar-refractivity contribution < 1.29 is 9.53 Å². The Morgan fingerprint density at radius 1 is 1.19 bits per heavy atom. The monoisotopic (exact) mass is 292 g/mol. The Hall–Kier alpha value is -1.39. The zero-order valence-corrected chi connectivity index (χ0v) is 13.7. The summed E-state index contributed by atoms with van der Waals surface area (Å²) in [5.74, 6) is 0.925. The van der Waals surface area contributed by atoms with E-state index in [1.807, 2.05) is 38.1 Å². The van der Waals surface area contributed by atoms with E-state index in [-0.39, 0.29) is 11.8 Å². The Labute approximate surface area is 128 Å². The molecular weight excluding hydrogens is 264 g/mol. The highest BCUT2D eigenvalue weighted by Crippen LogP contribution is 2.13. The molecule has 0 bridgehead atoms. The molecule has 0 heterocycles. The van der Waals surface area contributed by atoms with E-state index in [2.05, 4.69) is 24.1 Å². The predicted molar refractivity (Wildman–Crippen MR) is 87.2 cm³/mol. The number of carbonyl (C=O) groups is 1. The van der Waals surface area contributed by atoms with Gasteiger partial charge in [-0.25, -0.2) is 0 Å². The first-order valence-electron chi connectivity index (χ1n) is 7.85. The lowest BCUT2D eigenvalue weighted by Crippen LogP contribution is -2.39. The SMILES string of the molecule is CCOc1ccc(C(=O)C(C)NCCN(CC)CC)cc1. The van der Waals surface area contributed by atoms with Crippen LogP contribution in [0.1, 0.15) is 38.1 Å². The first kappa shape index (κ1) is 17.7. The minimum Gasteiger partial charge on any atom is -0.494 e. The summed E-state index contributed by atoms with van der Waals surface area (Å²) in [5, 5.41) is 3.30. The second-order valence-electron chi connectivity index (χ2n) is 5.02. The number of nitrogens with one attached hydrogen (secondary N) is 1. The molecule has 0 radical (unpaired) electrons. The van der Waals surface area contributed by atoms with E-state index in [9.17, 15) is 4.79 Å². The first-order chi connectivity index (χ1) is 10.1. The van der Waals surface area contributed by atoms with Crippen LogP contribution in [0.2, 0.25) is 0 Å². The van der Waals surface area contributed by atoms with Crippen molar-refractivity contribution in [3.8, 4) is 5.75 Å². The van der Waals surface area contributed by atoms with Gasteiger partial charge < -0.3 is 15.0 Å². The third-order valence-corrected chi connectivity index (χ3v) is 3.62. The normalized spacial score (nSPS) is 12.4. The number of likely N-dealkylation sites (N-methyl/N-ethyl adjacent to an activating group) is 1. The molecule has 1 aromatic carbocycles. The molecule has 21 heavy (non-hydrogen) atoms. The van der Waals surface area contributed by atoms with Gasteiger partial charge in [-0.05, 0) is 51.2 Å². The fraction of sp³-hybridized carbons (Fsp3) is 0.588. The molecule has 0 aromatic heterocycles. The smallest absolute Gasteiger partial charge is 0.179 e. The summed E-state index contributed by atoms with van der Waals surface area (Å²) < 4.78 is 5.38. The van der Waals surface area contributed by atoms with Crippen LogP contribution in [0.5, 0.6) is 5.75 Å². The van der Waals surface area contributed by atoms with Crippen molar-refractivity contribution in [3.05, 3.63) is 29.8 Å². The third-order valence-electron chi connectivity index (χ3n) is 3.62. The van der Waals surface area contributed by atoms with Crippen LogP contribution in [-0.2, 0) is 0 Å². The number of carbonyl (C=O) groups excluding carboxylic acids is 1. The van der Waals surface area contributed by atoms with E-state index < -0.39 is 0 Å². The first-order valence-corrected chi connectivity index (χ1v) is 7.85. The van der Waals surface area contributed by atoms with Gasteiger partial charge in [0.05, 0.1) is 12.6 Å². The van der Waals surface area contributed by atoms with Crippen LogP contribution in [-0.4, -0.2) is 49.5 Å². The van der Waals surface area contributed by atoms with Crippen molar-refractivity contribution in [1.29, 1.82) is 0 Å². The van der Waals surface area contributed by atoms with E-state index >= 15 is 0 Å². The number of Topliss-reactive ketones (excluding diaryl/α,β-unsaturated/α-hetero) is 1. The van der Waals surface area contributed by atoms with Gasteiger partial charge in [0.2, 0.25) is 0 Å². The van der Waals surface area contributed by atoms with E-state index in [0.29, 0.717) is 6.61 Å². The van der Waals surface area contributed by atoms with E-state index in [4.69, 9.17) is 4.74 Å². The van der Waals surface area contributed by atoms with Gasteiger partial charge in [-0.2, -0.15) is 0 Å². The van der Waals surface area contributed by atoms with Crippen LogP contribution < -0.4 is 10.1 Å². The van der Waals surface area contributed by atoms with Crippen molar-refractivity contribution in [2.24, 2.45) is 0 Å². The molecule has 0 saturated carbocycles. The van der Waals surface area contributed by atoms with Gasteiger partial charge in [0.25, 0.3) is 0 Å². The molecule has 4 heteroatoms. The van der Waals surface area contributed by atoms with E-state index in [1.54, 1.807) is 0 Å². The average Bonchev–Trinajstić information content (AvgIpc) is 2.52. The number of hydrogen-bond acceptors (Lipinski definition) is 4. The summed E-state index contributed by atoms with van der Waals surface area (Å²) in [5.41, 5.74) is 0.723. The maximum absolute atomic E-state index is 12.3. The second kappa shape index (κ2) is 9.53. The van der Waals surface area contributed by atoms with Gasteiger partial charge in [-0.3, -0.25) is 4.79 Å². The van der Waals surface area contributed by atoms with Crippen LogP contribution in [0.25, 0.3) is 0 Å². The highest BCUT2D eigenvalue weighted by molar-refractivity contribution is 5.99. The molecule has 0 aliphatic heterocycles. The third kappa shape index (κ3) is 5.86. The molecule has 118 valence electrons. The molecule has 1 unspecified atom stereocenters. The minimum absolute atomic E-state index is 0.123. The number of rotatable bonds is 10. The van der Waals surface area contributed by atoms with Crippen LogP contribution in [0.3, 0.4) is 0 Å². The maximum Gasteiger partial charge on any atom is 0.179 e. The van der Waals surface area contributed by atoms with Crippen molar-refractivity contribution in [1.82, 2.24) is 10.2 Å². The quantitative estimate of drug-likeness (QED) is 0.673. The zero-order chi connectivity index (χ0) is 15.7. The Bertz CT molecular complexity index is 413. The average molecular weight is 292 g/mol. The topological polar surface area (TPSA) is 41.6 Å². The Kier molecular flexibility index (Phi) is 8.01. The molecule has 1 rings (SSSR count). The molecule has 4 nitrogen and oxygen atoms in total. The van der Waals surface area contributed by atoms with Gasteiger partial charge in [0.15, 0.2) is 5.78 Å². The summed E-state index contributed by atoms with van der Waals surface area (Å²) in [6.45, 7) is 12.7. The molecule has 1 aromatic rings. The summed E-state index contributed by atoms with van der Waals surface area (Å²) in [4.78, 5) is 14.6. The molecule has 0 aliphatic carbocycles. The lowest BCUT2D eigenvalue weighted by atomic mass is 10.1. The Balaban J connectivity index is 2.46. The summed E-state index contributed by atoms with van der Waals surface area (Å²) in [7, 11) is 0. The molecule has 0 saturated heterocycles. The lowest BCUT2D eigenvalue weighted by Gasteiger charge is -2.20. The van der Waals surface area contributed by atoms with Gasteiger partial charge in [0, 0.05) is 18.7 Å². The largest absolute Gasteiger partial charge is 0.494 e. The number of benzene rings is 1. The van der Waals surface area contributed by atoms with Crippen molar-refractivity contribution in [2.45, 2.75) is 33.7 Å². The molecule has 1 N–H and O–H groups in total. The molecular formula is C17H28N2O2. The van der Waals surface area contributed by atoms with Crippen molar-refractivity contribution in [3.63, 3.8) is 0 Å². The van der Waals surface area contributed by atoms with Crippen LogP contribution in [0, 0.1) is 0 Å².